The molecule has 1 fully saturated rings. The van der Waals surface area contributed by atoms with Crippen molar-refractivity contribution in [1.29, 1.82) is 0 Å². The van der Waals surface area contributed by atoms with Crippen molar-refractivity contribution in [3.8, 4) is 0 Å². The Kier molecular flexibility index (Phi) is 2.52. The van der Waals surface area contributed by atoms with E-state index in [0.29, 0.717) is 19.4 Å². The highest BCUT2D eigenvalue weighted by Gasteiger charge is 2.50. The third kappa shape index (κ3) is 1.62. The molecular formula is C17H18N2O2. The number of H-pyrrole nitrogens is 1. The zero-order valence-corrected chi connectivity index (χ0v) is 12.1. The van der Waals surface area contributed by atoms with Crippen LogP contribution in [0.25, 0.3) is 10.9 Å². The SMILES string of the molecule is Cc1ccc2[nH]c3c(c2c1)CCN=C3C1(C(=O)O)CCC1. The molecule has 21 heavy (non-hydrogen) atoms. The third-order valence-corrected chi connectivity index (χ3v) is 5.00. The van der Waals surface area contributed by atoms with E-state index in [0.717, 1.165) is 29.8 Å². The Morgan fingerprint density at radius 1 is 1.38 bits per heavy atom. The second-order valence-corrected chi connectivity index (χ2v) is 6.25. The lowest BCUT2D eigenvalue weighted by Gasteiger charge is -2.39. The van der Waals surface area contributed by atoms with Crippen LogP contribution in [0.5, 0.6) is 0 Å². The summed E-state index contributed by atoms with van der Waals surface area (Å²) in [6, 6.07) is 6.34. The molecule has 4 heteroatoms. The van der Waals surface area contributed by atoms with Gasteiger partial charge in [0.05, 0.1) is 11.4 Å². The van der Waals surface area contributed by atoms with E-state index in [4.69, 9.17) is 0 Å². The highest BCUT2D eigenvalue weighted by atomic mass is 16.4. The molecule has 4 rings (SSSR count). The van der Waals surface area contributed by atoms with Crippen molar-refractivity contribution in [3.63, 3.8) is 0 Å². The number of hydrogen-bond donors (Lipinski definition) is 2. The highest BCUT2D eigenvalue weighted by Crippen LogP contribution is 2.46. The normalized spacial score (nSPS) is 19.8. The van der Waals surface area contributed by atoms with Gasteiger partial charge in [-0.3, -0.25) is 9.79 Å². The summed E-state index contributed by atoms with van der Waals surface area (Å²) < 4.78 is 0. The van der Waals surface area contributed by atoms with Gasteiger partial charge >= 0.3 is 5.97 Å². The van der Waals surface area contributed by atoms with Crippen LogP contribution in [0.1, 0.15) is 36.1 Å². The molecule has 0 spiro atoms. The number of aliphatic imine (C=N–C) groups is 1. The van der Waals surface area contributed by atoms with Crippen LogP contribution in [0.3, 0.4) is 0 Å². The minimum atomic E-state index is -0.759. The molecule has 0 saturated heterocycles. The summed E-state index contributed by atoms with van der Waals surface area (Å²) in [6.07, 6.45) is 3.27. The molecule has 4 nitrogen and oxygen atoms in total. The molecule has 0 unspecified atom stereocenters. The summed E-state index contributed by atoms with van der Waals surface area (Å²) >= 11 is 0. The van der Waals surface area contributed by atoms with E-state index in [1.165, 1.54) is 16.5 Å². The van der Waals surface area contributed by atoms with Crippen molar-refractivity contribution < 1.29 is 9.90 Å². The number of fused-ring (bicyclic) bond motifs is 3. The zero-order valence-electron chi connectivity index (χ0n) is 12.1. The van der Waals surface area contributed by atoms with Gasteiger partial charge in [0.1, 0.15) is 5.41 Å². The minimum Gasteiger partial charge on any atom is -0.481 e. The summed E-state index contributed by atoms with van der Waals surface area (Å²) in [6.45, 7) is 2.78. The molecule has 2 aromatic rings. The van der Waals surface area contributed by atoms with Crippen molar-refractivity contribution in [3.05, 3.63) is 35.0 Å². The molecule has 0 amide bonds. The molecule has 0 bridgehead atoms. The van der Waals surface area contributed by atoms with Gasteiger partial charge in [-0.25, -0.2) is 0 Å². The summed E-state index contributed by atoms with van der Waals surface area (Å²) in [4.78, 5) is 19.8. The molecule has 2 N–H and O–H groups in total. The van der Waals surface area contributed by atoms with Crippen molar-refractivity contribution >= 4 is 22.6 Å². The number of aromatic nitrogens is 1. The molecule has 1 aliphatic carbocycles. The van der Waals surface area contributed by atoms with E-state index in [9.17, 15) is 9.90 Å². The van der Waals surface area contributed by atoms with Crippen molar-refractivity contribution in [2.75, 3.05) is 6.54 Å². The number of hydrogen-bond acceptors (Lipinski definition) is 2. The average Bonchev–Trinajstić information content (AvgIpc) is 2.76. The molecule has 0 atom stereocenters. The third-order valence-electron chi connectivity index (χ3n) is 5.00. The Morgan fingerprint density at radius 2 is 2.19 bits per heavy atom. The molecular weight excluding hydrogens is 264 g/mol. The number of aryl methyl sites for hydroxylation is 1. The van der Waals surface area contributed by atoms with Gasteiger partial charge in [0, 0.05) is 17.4 Å². The molecule has 1 aliphatic heterocycles. The molecule has 2 aliphatic rings. The van der Waals surface area contributed by atoms with Gasteiger partial charge in [0.25, 0.3) is 0 Å². The summed E-state index contributed by atoms with van der Waals surface area (Å²) in [5, 5.41) is 10.9. The Labute approximate surface area is 122 Å². The fourth-order valence-electron chi connectivity index (χ4n) is 3.65. The standard InChI is InChI=1S/C17H18N2O2/c1-10-3-4-13-12(9-10)11-5-8-18-15(14(11)19-13)17(16(20)21)6-2-7-17/h3-4,9,19H,2,5-8H2,1H3,(H,20,21). The Balaban J connectivity index is 1.93. The second-order valence-electron chi connectivity index (χ2n) is 6.25. The van der Waals surface area contributed by atoms with Gasteiger partial charge in [-0.05, 0) is 43.9 Å². The number of aromatic amines is 1. The van der Waals surface area contributed by atoms with E-state index in [1.54, 1.807) is 0 Å². The van der Waals surface area contributed by atoms with Crippen molar-refractivity contribution in [2.24, 2.45) is 10.4 Å². The average molecular weight is 282 g/mol. The van der Waals surface area contributed by atoms with Crippen LogP contribution >= 0.6 is 0 Å². The first-order valence-corrected chi connectivity index (χ1v) is 7.52. The van der Waals surface area contributed by atoms with E-state index in [1.807, 2.05) is 0 Å². The molecule has 1 aromatic heterocycles. The molecule has 2 heterocycles. The maximum absolute atomic E-state index is 11.8. The van der Waals surface area contributed by atoms with Gasteiger partial charge in [-0.15, -0.1) is 0 Å². The molecule has 1 aromatic carbocycles. The second kappa shape index (κ2) is 4.20. The smallest absolute Gasteiger partial charge is 0.315 e. The van der Waals surface area contributed by atoms with Crippen LogP contribution in [0.4, 0.5) is 0 Å². The lowest BCUT2D eigenvalue weighted by Crippen LogP contribution is -2.46. The number of nitrogens with one attached hydrogen (secondary N) is 1. The van der Waals surface area contributed by atoms with Crippen LogP contribution < -0.4 is 0 Å². The van der Waals surface area contributed by atoms with E-state index in [-0.39, 0.29) is 0 Å². The molecule has 108 valence electrons. The van der Waals surface area contributed by atoms with Crippen LogP contribution in [-0.4, -0.2) is 28.3 Å². The largest absolute Gasteiger partial charge is 0.481 e. The lowest BCUT2D eigenvalue weighted by atomic mass is 9.64. The zero-order chi connectivity index (χ0) is 14.6. The van der Waals surface area contributed by atoms with Crippen LogP contribution in [-0.2, 0) is 11.2 Å². The van der Waals surface area contributed by atoms with E-state index >= 15 is 0 Å². The minimum absolute atomic E-state index is 0.693. The first kappa shape index (κ1) is 12.6. The molecule has 1 saturated carbocycles. The Morgan fingerprint density at radius 3 is 2.86 bits per heavy atom. The predicted molar refractivity (Wildman–Crippen MR) is 82.1 cm³/mol. The fraction of sp³-hybridized carbons (Fsp3) is 0.412. The Hall–Kier alpha value is -2.10. The Bertz CT molecular complexity index is 781. The number of nitrogens with zero attached hydrogens (tertiary/aromatic N) is 1. The number of benzene rings is 1. The van der Waals surface area contributed by atoms with Crippen LogP contribution in [0, 0.1) is 12.3 Å². The number of rotatable bonds is 2. The van der Waals surface area contributed by atoms with Crippen LogP contribution in [0.15, 0.2) is 23.2 Å². The first-order valence-electron chi connectivity index (χ1n) is 7.52. The number of carboxylic acid groups (broad SMARTS) is 1. The van der Waals surface area contributed by atoms with Gasteiger partial charge in [-0.1, -0.05) is 18.1 Å². The number of carbonyl (C=O) groups is 1. The number of carboxylic acids is 1. The summed E-state index contributed by atoms with van der Waals surface area (Å²) in [5.41, 5.74) is 4.53. The first-order chi connectivity index (χ1) is 10.1. The fourth-order valence-corrected chi connectivity index (χ4v) is 3.65. The predicted octanol–water partition coefficient (Wildman–Crippen LogP) is 3.08. The van der Waals surface area contributed by atoms with E-state index in [2.05, 4.69) is 35.1 Å². The van der Waals surface area contributed by atoms with Gasteiger partial charge in [0.15, 0.2) is 0 Å². The quantitative estimate of drug-likeness (QED) is 0.889. The lowest BCUT2D eigenvalue weighted by molar-refractivity contribution is -0.148. The van der Waals surface area contributed by atoms with Crippen LogP contribution in [0.2, 0.25) is 0 Å². The summed E-state index contributed by atoms with van der Waals surface area (Å²) in [7, 11) is 0. The molecule has 0 radical (unpaired) electrons. The number of aliphatic carboxylic acids is 1. The van der Waals surface area contributed by atoms with E-state index < -0.39 is 11.4 Å². The van der Waals surface area contributed by atoms with Gasteiger partial charge in [-0.2, -0.15) is 0 Å². The maximum atomic E-state index is 11.8. The highest BCUT2D eigenvalue weighted by molar-refractivity contribution is 6.18. The topological polar surface area (TPSA) is 65.5 Å². The maximum Gasteiger partial charge on any atom is 0.315 e. The van der Waals surface area contributed by atoms with Crippen molar-refractivity contribution in [1.82, 2.24) is 4.98 Å². The summed E-state index contributed by atoms with van der Waals surface area (Å²) in [5.74, 6) is -0.727. The monoisotopic (exact) mass is 282 g/mol. The van der Waals surface area contributed by atoms with Gasteiger partial charge < -0.3 is 10.1 Å². The van der Waals surface area contributed by atoms with Crippen molar-refractivity contribution in [2.45, 2.75) is 32.6 Å². The van der Waals surface area contributed by atoms with Gasteiger partial charge in [0.2, 0.25) is 0 Å².